The van der Waals surface area contributed by atoms with Crippen molar-refractivity contribution >= 4 is 5.82 Å². The summed E-state index contributed by atoms with van der Waals surface area (Å²) in [5, 5.41) is 17.8. The van der Waals surface area contributed by atoms with Crippen molar-refractivity contribution in [3.05, 3.63) is 18.1 Å². The largest absolute Gasteiger partial charge is 0.396 e. The molecule has 0 radical (unpaired) electrons. The van der Waals surface area contributed by atoms with Gasteiger partial charge in [0.15, 0.2) is 11.5 Å². The van der Waals surface area contributed by atoms with Crippen molar-refractivity contribution in [2.45, 2.75) is 26.3 Å². The number of nitrogens with zero attached hydrogens (tertiary/aromatic N) is 4. The molecule has 5 heteroatoms. The van der Waals surface area contributed by atoms with Crippen molar-refractivity contribution in [3.8, 4) is 6.07 Å². The SMILES string of the molecule is CC(C)N(CCCO)c1nccnc1C#N. The Bertz CT molecular complexity index is 372. The van der Waals surface area contributed by atoms with Crippen molar-refractivity contribution in [1.82, 2.24) is 9.97 Å². The maximum Gasteiger partial charge on any atom is 0.183 e. The first kappa shape index (κ1) is 12.4. The summed E-state index contributed by atoms with van der Waals surface area (Å²) in [5.74, 6) is 0.591. The van der Waals surface area contributed by atoms with Gasteiger partial charge in [-0.2, -0.15) is 5.26 Å². The van der Waals surface area contributed by atoms with E-state index in [1.165, 1.54) is 6.20 Å². The minimum Gasteiger partial charge on any atom is -0.396 e. The maximum atomic E-state index is 8.95. The summed E-state index contributed by atoms with van der Waals surface area (Å²) in [6, 6.07) is 2.25. The van der Waals surface area contributed by atoms with Crippen LogP contribution < -0.4 is 4.90 Å². The van der Waals surface area contributed by atoms with Gasteiger partial charge in [0.25, 0.3) is 0 Å². The fourth-order valence-electron chi connectivity index (χ4n) is 1.47. The van der Waals surface area contributed by atoms with Crippen LogP contribution in [0.5, 0.6) is 0 Å². The van der Waals surface area contributed by atoms with Crippen molar-refractivity contribution < 1.29 is 5.11 Å². The Hall–Kier alpha value is -1.67. The topological polar surface area (TPSA) is 73.0 Å². The van der Waals surface area contributed by atoms with Crippen molar-refractivity contribution in [1.29, 1.82) is 5.26 Å². The third-order valence-electron chi connectivity index (χ3n) is 2.24. The number of hydrogen-bond donors (Lipinski definition) is 1. The van der Waals surface area contributed by atoms with Crippen LogP contribution in [-0.4, -0.2) is 34.3 Å². The van der Waals surface area contributed by atoms with Gasteiger partial charge in [-0.15, -0.1) is 0 Å². The van der Waals surface area contributed by atoms with E-state index in [1.54, 1.807) is 6.20 Å². The first-order chi connectivity index (χ1) is 7.70. The zero-order valence-corrected chi connectivity index (χ0v) is 9.59. The van der Waals surface area contributed by atoms with Crippen LogP contribution in [0.3, 0.4) is 0 Å². The van der Waals surface area contributed by atoms with E-state index in [2.05, 4.69) is 9.97 Å². The minimum absolute atomic E-state index is 0.130. The molecule has 0 fully saturated rings. The van der Waals surface area contributed by atoms with Crippen molar-refractivity contribution in [3.63, 3.8) is 0 Å². The van der Waals surface area contributed by atoms with Gasteiger partial charge in [0.1, 0.15) is 6.07 Å². The second-order valence-corrected chi connectivity index (χ2v) is 3.70. The molecule has 0 aliphatic heterocycles. The molecular formula is C11H16N4O. The maximum absolute atomic E-state index is 8.95. The first-order valence-corrected chi connectivity index (χ1v) is 5.29. The summed E-state index contributed by atoms with van der Waals surface area (Å²) >= 11 is 0. The molecule has 0 spiro atoms. The summed E-state index contributed by atoms with van der Waals surface area (Å²) in [7, 11) is 0. The smallest absolute Gasteiger partial charge is 0.183 e. The second-order valence-electron chi connectivity index (χ2n) is 3.70. The fraction of sp³-hybridized carbons (Fsp3) is 0.545. The molecule has 0 aliphatic carbocycles. The van der Waals surface area contributed by atoms with Crippen LogP contribution in [0, 0.1) is 11.3 Å². The Morgan fingerprint density at radius 3 is 2.69 bits per heavy atom. The molecule has 1 N–H and O–H groups in total. The van der Waals surface area contributed by atoms with Gasteiger partial charge < -0.3 is 10.0 Å². The summed E-state index contributed by atoms with van der Waals surface area (Å²) in [5.41, 5.74) is 0.328. The van der Waals surface area contributed by atoms with Crippen LogP contribution in [0.15, 0.2) is 12.4 Å². The minimum atomic E-state index is 0.130. The molecule has 1 heterocycles. The highest BCUT2D eigenvalue weighted by molar-refractivity contribution is 5.49. The molecule has 0 bridgehead atoms. The molecule has 16 heavy (non-hydrogen) atoms. The van der Waals surface area contributed by atoms with E-state index in [1.807, 2.05) is 24.8 Å². The van der Waals surface area contributed by atoms with E-state index in [-0.39, 0.29) is 12.6 Å². The van der Waals surface area contributed by atoms with Gasteiger partial charge in [-0.25, -0.2) is 9.97 Å². The zero-order chi connectivity index (χ0) is 12.0. The lowest BCUT2D eigenvalue weighted by atomic mass is 10.2. The van der Waals surface area contributed by atoms with Crippen LogP contribution in [0.25, 0.3) is 0 Å². The van der Waals surface area contributed by atoms with E-state index in [9.17, 15) is 0 Å². The third kappa shape index (κ3) is 2.91. The van der Waals surface area contributed by atoms with Crippen molar-refractivity contribution in [2.24, 2.45) is 0 Å². The average molecular weight is 220 g/mol. The number of aliphatic hydroxyl groups is 1. The Kier molecular flexibility index (Phi) is 4.67. The number of aliphatic hydroxyl groups excluding tert-OH is 1. The molecule has 1 rings (SSSR count). The molecule has 1 aromatic heterocycles. The molecule has 0 amide bonds. The number of aromatic nitrogens is 2. The first-order valence-electron chi connectivity index (χ1n) is 5.29. The monoisotopic (exact) mass is 220 g/mol. The predicted octanol–water partition coefficient (Wildman–Crippen LogP) is 0.945. The standard InChI is InChI=1S/C11H16N4O/c1-9(2)15(6-3-7-16)11-10(8-12)13-4-5-14-11/h4-5,9,16H,3,6-7H2,1-2H3. The van der Waals surface area contributed by atoms with Crippen LogP contribution in [0.1, 0.15) is 26.0 Å². The van der Waals surface area contributed by atoms with Crippen LogP contribution in [0.2, 0.25) is 0 Å². The molecule has 0 unspecified atom stereocenters. The highest BCUT2D eigenvalue weighted by atomic mass is 16.3. The molecule has 0 aliphatic rings. The molecule has 86 valence electrons. The number of anilines is 1. The molecule has 0 saturated carbocycles. The fourth-order valence-corrected chi connectivity index (χ4v) is 1.47. The van der Waals surface area contributed by atoms with Gasteiger partial charge >= 0.3 is 0 Å². The van der Waals surface area contributed by atoms with E-state index in [0.29, 0.717) is 24.5 Å². The molecular weight excluding hydrogens is 204 g/mol. The molecule has 0 saturated heterocycles. The second kappa shape index (κ2) is 6.03. The lowest BCUT2D eigenvalue weighted by molar-refractivity contribution is 0.288. The third-order valence-corrected chi connectivity index (χ3v) is 2.24. The molecule has 0 atom stereocenters. The Labute approximate surface area is 95.4 Å². The lowest BCUT2D eigenvalue weighted by Crippen LogP contribution is -2.33. The Morgan fingerprint density at radius 2 is 2.12 bits per heavy atom. The summed E-state index contributed by atoms with van der Waals surface area (Å²) < 4.78 is 0. The quantitative estimate of drug-likeness (QED) is 0.799. The van der Waals surface area contributed by atoms with Gasteiger partial charge in [-0.1, -0.05) is 0 Å². The predicted molar refractivity (Wildman–Crippen MR) is 60.9 cm³/mol. The number of nitriles is 1. The van der Waals surface area contributed by atoms with Gasteiger partial charge in [0, 0.05) is 31.6 Å². The molecule has 1 aromatic rings. The van der Waals surface area contributed by atoms with E-state index in [4.69, 9.17) is 10.4 Å². The summed E-state index contributed by atoms with van der Waals surface area (Å²) in [6.45, 7) is 4.84. The summed E-state index contributed by atoms with van der Waals surface area (Å²) in [4.78, 5) is 10.1. The highest BCUT2D eigenvalue weighted by Crippen LogP contribution is 2.16. The van der Waals surface area contributed by atoms with Gasteiger partial charge in [0.05, 0.1) is 0 Å². The van der Waals surface area contributed by atoms with Crippen LogP contribution in [-0.2, 0) is 0 Å². The normalized spacial score (nSPS) is 10.2. The van der Waals surface area contributed by atoms with Crippen molar-refractivity contribution in [2.75, 3.05) is 18.1 Å². The van der Waals surface area contributed by atoms with Crippen LogP contribution >= 0.6 is 0 Å². The molecule has 5 nitrogen and oxygen atoms in total. The number of rotatable bonds is 5. The van der Waals surface area contributed by atoms with E-state index >= 15 is 0 Å². The summed E-state index contributed by atoms with van der Waals surface area (Å²) in [6.07, 6.45) is 3.73. The Morgan fingerprint density at radius 1 is 1.44 bits per heavy atom. The average Bonchev–Trinajstić information content (AvgIpc) is 2.29. The van der Waals surface area contributed by atoms with E-state index < -0.39 is 0 Å². The number of hydrogen-bond acceptors (Lipinski definition) is 5. The van der Waals surface area contributed by atoms with Gasteiger partial charge in [0.2, 0.25) is 0 Å². The molecule has 0 aromatic carbocycles. The lowest BCUT2D eigenvalue weighted by Gasteiger charge is -2.27. The van der Waals surface area contributed by atoms with Gasteiger partial charge in [-0.3, -0.25) is 0 Å². The van der Waals surface area contributed by atoms with Gasteiger partial charge in [-0.05, 0) is 20.3 Å². The van der Waals surface area contributed by atoms with Crippen LogP contribution in [0.4, 0.5) is 5.82 Å². The van der Waals surface area contributed by atoms with E-state index in [0.717, 1.165) is 0 Å². The highest BCUT2D eigenvalue weighted by Gasteiger charge is 2.15. The Balaban J connectivity index is 2.97. The zero-order valence-electron chi connectivity index (χ0n) is 9.59.